The van der Waals surface area contributed by atoms with Crippen molar-refractivity contribution in [3.63, 3.8) is 0 Å². The molecule has 0 saturated heterocycles. The molecule has 1 aliphatic rings. The largest absolute Gasteiger partial charge is 0.493 e. The number of carbonyl (C=O) groups is 2. The van der Waals surface area contributed by atoms with E-state index < -0.39 is 0 Å². The van der Waals surface area contributed by atoms with Crippen molar-refractivity contribution in [3.8, 4) is 11.5 Å². The van der Waals surface area contributed by atoms with E-state index in [-0.39, 0.29) is 29.8 Å². The molecule has 198 valence electrons. The number of amides is 2. The SMILES string of the molecule is COc1ccc(CN(CCc2c[nH]c3ccccc23)C(=O)CN(C(=O)CC(C)(C)C)C2CC2)cc1OC. The van der Waals surface area contributed by atoms with E-state index in [9.17, 15) is 9.59 Å². The van der Waals surface area contributed by atoms with Crippen LogP contribution in [0.25, 0.3) is 10.9 Å². The molecule has 1 N–H and O–H groups in total. The van der Waals surface area contributed by atoms with Gasteiger partial charge in [-0.15, -0.1) is 0 Å². The minimum absolute atomic E-state index is 0.0382. The molecule has 0 bridgehead atoms. The van der Waals surface area contributed by atoms with Crippen molar-refractivity contribution < 1.29 is 19.1 Å². The van der Waals surface area contributed by atoms with Gasteiger partial charge in [0, 0.05) is 42.7 Å². The topological polar surface area (TPSA) is 74.9 Å². The molecule has 7 heteroatoms. The number of rotatable bonds is 11. The third-order valence-electron chi connectivity index (χ3n) is 6.80. The van der Waals surface area contributed by atoms with Crippen LogP contribution in [-0.2, 0) is 22.6 Å². The van der Waals surface area contributed by atoms with Crippen LogP contribution in [0.15, 0.2) is 48.7 Å². The van der Waals surface area contributed by atoms with Gasteiger partial charge in [0.15, 0.2) is 11.5 Å². The first kappa shape index (κ1) is 26.6. The molecule has 1 aliphatic carbocycles. The van der Waals surface area contributed by atoms with Crippen LogP contribution in [0.2, 0.25) is 0 Å². The van der Waals surface area contributed by atoms with E-state index in [1.165, 1.54) is 10.9 Å². The fourth-order valence-corrected chi connectivity index (χ4v) is 4.69. The lowest BCUT2D eigenvalue weighted by Crippen LogP contribution is -2.45. The van der Waals surface area contributed by atoms with Crippen molar-refractivity contribution in [2.45, 2.75) is 59.0 Å². The van der Waals surface area contributed by atoms with Gasteiger partial charge in [-0.25, -0.2) is 0 Å². The molecule has 0 unspecified atom stereocenters. The number of hydrogen-bond acceptors (Lipinski definition) is 4. The molecule has 1 aromatic heterocycles. The number of H-pyrrole nitrogens is 1. The van der Waals surface area contributed by atoms with Crippen LogP contribution >= 0.6 is 0 Å². The highest BCUT2D eigenvalue weighted by atomic mass is 16.5. The van der Waals surface area contributed by atoms with E-state index in [1.54, 1.807) is 19.1 Å². The molecule has 37 heavy (non-hydrogen) atoms. The second-order valence-corrected chi connectivity index (χ2v) is 11.1. The van der Waals surface area contributed by atoms with Crippen LogP contribution in [0.4, 0.5) is 0 Å². The van der Waals surface area contributed by atoms with Gasteiger partial charge in [-0.05, 0) is 54.0 Å². The summed E-state index contributed by atoms with van der Waals surface area (Å²) in [6, 6.07) is 14.1. The summed E-state index contributed by atoms with van der Waals surface area (Å²) < 4.78 is 10.9. The van der Waals surface area contributed by atoms with Crippen molar-refractivity contribution in [1.82, 2.24) is 14.8 Å². The number of nitrogens with zero attached hydrogens (tertiary/aromatic N) is 2. The van der Waals surface area contributed by atoms with E-state index >= 15 is 0 Å². The predicted molar refractivity (Wildman–Crippen MR) is 146 cm³/mol. The van der Waals surface area contributed by atoms with E-state index in [0.29, 0.717) is 37.4 Å². The van der Waals surface area contributed by atoms with Gasteiger partial charge in [0.25, 0.3) is 0 Å². The van der Waals surface area contributed by atoms with Crippen LogP contribution in [0.3, 0.4) is 0 Å². The van der Waals surface area contributed by atoms with Gasteiger partial charge >= 0.3 is 0 Å². The van der Waals surface area contributed by atoms with Crippen molar-refractivity contribution in [2.75, 3.05) is 27.3 Å². The Labute approximate surface area is 219 Å². The number of ether oxygens (including phenoxy) is 2. The number of benzene rings is 2. The van der Waals surface area contributed by atoms with Gasteiger partial charge < -0.3 is 24.3 Å². The van der Waals surface area contributed by atoms with Crippen molar-refractivity contribution >= 4 is 22.7 Å². The molecule has 2 aromatic carbocycles. The second kappa shape index (κ2) is 11.3. The van der Waals surface area contributed by atoms with Crippen LogP contribution < -0.4 is 9.47 Å². The number of methoxy groups -OCH3 is 2. The van der Waals surface area contributed by atoms with E-state index in [4.69, 9.17) is 9.47 Å². The van der Waals surface area contributed by atoms with Crippen molar-refractivity contribution in [2.24, 2.45) is 5.41 Å². The zero-order chi connectivity index (χ0) is 26.6. The normalized spacial score (nSPS) is 13.4. The number of aromatic amines is 1. The molecule has 0 atom stereocenters. The molecule has 1 fully saturated rings. The summed E-state index contributed by atoms with van der Waals surface area (Å²) in [5.74, 6) is 1.30. The van der Waals surface area contributed by atoms with Crippen molar-refractivity contribution in [1.29, 1.82) is 0 Å². The van der Waals surface area contributed by atoms with Crippen LogP contribution in [0, 0.1) is 5.41 Å². The van der Waals surface area contributed by atoms with Crippen LogP contribution in [-0.4, -0.2) is 59.9 Å². The van der Waals surface area contributed by atoms with E-state index in [2.05, 4.69) is 37.9 Å². The lowest BCUT2D eigenvalue weighted by Gasteiger charge is -2.30. The molecule has 7 nitrogen and oxygen atoms in total. The fourth-order valence-electron chi connectivity index (χ4n) is 4.69. The second-order valence-electron chi connectivity index (χ2n) is 11.1. The summed E-state index contributed by atoms with van der Waals surface area (Å²) in [6.07, 6.45) is 5.10. The Kier molecular flexibility index (Phi) is 8.10. The smallest absolute Gasteiger partial charge is 0.242 e. The minimum atomic E-state index is -0.123. The Morgan fingerprint density at radius 3 is 2.41 bits per heavy atom. The summed E-state index contributed by atoms with van der Waals surface area (Å²) in [6.45, 7) is 7.25. The maximum absolute atomic E-state index is 13.7. The van der Waals surface area contributed by atoms with Gasteiger partial charge in [0.2, 0.25) is 11.8 Å². The maximum Gasteiger partial charge on any atom is 0.242 e. The van der Waals surface area contributed by atoms with Gasteiger partial charge in [-0.1, -0.05) is 45.0 Å². The molecule has 0 radical (unpaired) electrons. The number of aromatic nitrogens is 1. The minimum Gasteiger partial charge on any atom is -0.493 e. The summed E-state index contributed by atoms with van der Waals surface area (Å²) in [5, 5.41) is 1.17. The third-order valence-corrected chi connectivity index (χ3v) is 6.80. The third kappa shape index (κ3) is 6.85. The predicted octanol–water partition coefficient (Wildman–Crippen LogP) is 5.18. The lowest BCUT2D eigenvalue weighted by atomic mass is 9.91. The average molecular weight is 506 g/mol. The Bertz CT molecular complexity index is 1240. The van der Waals surface area contributed by atoms with Gasteiger partial charge in [-0.3, -0.25) is 9.59 Å². The summed E-state index contributed by atoms with van der Waals surface area (Å²) in [7, 11) is 3.21. The standard InChI is InChI=1S/C30H39N3O4/c1-30(2,3)17-28(34)33(23-11-12-23)20-29(35)32(19-21-10-13-26(36-4)27(16-21)37-5)15-14-22-18-31-25-9-7-6-8-24(22)25/h6-10,13,16,18,23,31H,11-12,14-15,17,19-20H2,1-5H3. The maximum atomic E-state index is 13.7. The highest BCUT2D eigenvalue weighted by Gasteiger charge is 2.36. The number of carbonyl (C=O) groups excluding carboxylic acids is 2. The molecular weight excluding hydrogens is 466 g/mol. The highest BCUT2D eigenvalue weighted by Crippen LogP contribution is 2.31. The van der Waals surface area contributed by atoms with Gasteiger partial charge in [-0.2, -0.15) is 0 Å². The summed E-state index contributed by atoms with van der Waals surface area (Å²) in [4.78, 5) is 33.8. The van der Waals surface area contributed by atoms with Crippen molar-refractivity contribution in [3.05, 3.63) is 59.8 Å². The first-order chi connectivity index (χ1) is 17.7. The molecule has 1 saturated carbocycles. The Morgan fingerprint density at radius 1 is 1.00 bits per heavy atom. The molecule has 0 spiro atoms. The van der Waals surface area contributed by atoms with Crippen LogP contribution in [0.1, 0.15) is 51.2 Å². The van der Waals surface area contributed by atoms with Crippen LogP contribution in [0.5, 0.6) is 11.5 Å². The quantitative estimate of drug-likeness (QED) is 0.390. The summed E-state index contributed by atoms with van der Waals surface area (Å²) >= 11 is 0. The molecule has 0 aliphatic heterocycles. The fraction of sp³-hybridized carbons (Fsp3) is 0.467. The molecule has 3 aromatic rings. The highest BCUT2D eigenvalue weighted by molar-refractivity contribution is 5.86. The van der Waals surface area contributed by atoms with E-state index in [1.807, 2.05) is 41.4 Å². The molecule has 4 rings (SSSR count). The molecular formula is C30H39N3O4. The Hall–Kier alpha value is -3.48. The lowest BCUT2D eigenvalue weighted by molar-refractivity contribution is -0.142. The summed E-state index contributed by atoms with van der Waals surface area (Å²) in [5.41, 5.74) is 3.08. The number of hydrogen-bond donors (Lipinski definition) is 1. The Morgan fingerprint density at radius 2 is 1.73 bits per heavy atom. The Balaban J connectivity index is 1.55. The number of para-hydroxylation sites is 1. The number of nitrogens with one attached hydrogen (secondary N) is 1. The zero-order valence-corrected chi connectivity index (χ0v) is 22.7. The monoisotopic (exact) mass is 505 g/mol. The first-order valence-electron chi connectivity index (χ1n) is 13.0. The van der Waals surface area contributed by atoms with Gasteiger partial charge in [0.05, 0.1) is 14.2 Å². The van der Waals surface area contributed by atoms with E-state index in [0.717, 1.165) is 23.9 Å². The first-order valence-corrected chi connectivity index (χ1v) is 13.0. The number of fused-ring (bicyclic) bond motifs is 1. The molecule has 1 heterocycles. The molecule has 2 amide bonds. The van der Waals surface area contributed by atoms with Gasteiger partial charge in [0.1, 0.15) is 6.54 Å². The average Bonchev–Trinajstić information content (AvgIpc) is 3.63. The zero-order valence-electron chi connectivity index (χ0n) is 22.7.